The molecular weight excluding hydrogens is 641 g/mol. The van der Waals surface area contributed by atoms with E-state index < -0.39 is 54.5 Å². The van der Waals surface area contributed by atoms with E-state index in [2.05, 4.69) is 15.1 Å². The maximum Gasteiger partial charge on any atom is 0.416 e. The molecule has 2 aromatic heterocycles. The predicted octanol–water partition coefficient (Wildman–Crippen LogP) is 4.95. The number of hydrogen-bond acceptors (Lipinski definition) is 12. The average Bonchev–Trinajstić information content (AvgIpc) is 3.71. The largest absolute Gasteiger partial charge is 0.443 e. The van der Waals surface area contributed by atoms with Gasteiger partial charge in [0.25, 0.3) is 0 Å². The molecule has 258 valence electrons. The van der Waals surface area contributed by atoms with Gasteiger partial charge in [-0.1, -0.05) is 12.8 Å². The van der Waals surface area contributed by atoms with Crippen molar-refractivity contribution in [1.29, 1.82) is 0 Å². The Labute approximate surface area is 274 Å². The first kappa shape index (κ1) is 35.4. The number of nitrogens with zero attached hydrogens (tertiary/aromatic N) is 5. The molecule has 1 saturated carbocycles. The van der Waals surface area contributed by atoms with E-state index in [9.17, 15) is 14.5 Å². The van der Waals surface area contributed by atoms with Crippen LogP contribution >= 0.6 is 18.7 Å². The summed E-state index contributed by atoms with van der Waals surface area (Å²) < 4.78 is 51.6. The number of carbonyl (C=O) groups is 1. The molecule has 2 aromatic rings. The van der Waals surface area contributed by atoms with Crippen LogP contribution in [-0.4, -0.2) is 112 Å². The minimum Gasteiger partial charge on any atom is -0.443 e. The molecule has 1 amide bonds. The number of ether oxygens (including phenoxy) is 6. The molecule has 14 nitrogen and oxygen atoms in total. The molecule has 1 aliphatic carbocycles. The van der Waals surface area contributed by atoms with Gasteiger partial charge in [-0.3, -0.25) is 4.90 Å². The van der Waals surface area contributed by atoms with Crippen LogP contribution in [0.4, 0.5) is 10.6 Å². The van der Waals surface area contributed by atoms with Gasteiger partial charge in [-0.05, 0) is 79.3 Å². The zero-order valence-electron chi connectivity index (χ0n) is 27.9. The zero-order chi connectivity index (χ0) is 33.7. The van der Waals surface area contributed by atoms with Gasteiger partial charge in [0.05, 0.1) is 38.0 Å². The van der Waals surface area contributed by atoms with Gasteiger partial charge in [0.2, 0.25) is 5.28 Å². The van der Waals surface area contributed by atoms with Crippen LogP contribution in [0.15, 0.2) is 6.20 Å². The molecule has 0 aromatic carbocycles. The summed E-state index contributed by atoms with van der Waals surface area (Å²) in [6.07, 6.45) is 2.08. The van der Waals surface area contributed by atoms with Crippen molar-refractivity contribution in [3.63, 3.8) is 0 Å². The third-order valence-electron chi connectivity index (χ3n) is 8.58. The molecule has 3 aliphatic rings. The summed E-state index contributed by atoms with van der Waals surface area (Å²) in [6, 6.07) is -0.114. The van der Waals surface area contributed by atoms with Crippen molar-refractivity contribution in [2.75, 3.05) is 44.7 Å². The Morgan fingerprint density at radius 3 is 2.48 bits per heavy atom. The van der Waals surface area contributed by atoms with E-state index in [1.807, 2.05) is 34.6 Å². The van der Waals surface area contributed by atoms with Crippen LogP contribution in [0.25, 0.3) is 11.0 Å². The van der Waals surface area contributed by atoms with E-state index >= 15 is 0 Å². The summed E-state index contributed by atoms with van der Waals surface area (Å²) >= 11 is 6.52. The smallest absolute Gasteiger partial charge is 0.416 e. The maximum atomic E-state index is 13.6. The highest BCUT2D eigenvalue weighted by Crippen LogP contribution is 2.53. The van der Waals surface area contributed by atoms with Crippen LogP contribution in [0.3, 0.4) is 0 Å². The third kappa shape index (κ3) is 7.39. The summed E-state index contributed by atoms with van der Waals surface area (Å²) in [4.78, 5) is 24.2. The third-order valence-corrected chi connectivity index (χ3v) is 11.3. The van der Waals surface area contributed by atoms with Crippen LogP contribution in [0.5, 0.6) is 0 Å². The van der Waals surface area contributed by atoms with Gasteiger partial charge in [-0.25, -0.2) is 9.48 Å². The lowest BCUT2D eigenvalue weighted by Crippen LogP contribution is -2.43. The first-order valence-electron chi connectivity index (χ1n) is 15.7. The molecule has 0 radical (unpaired) electrons. The molecule has 1 unspecified atom stereocenters. The van der Waals surface area contributed by atoms with Gasteiger partial charge in [-0.15, -0.1) is 0 Å². The van der Waals surface area contributed by atoms with Gasteiger partial charge in [-0.2, -0.15) is 15.1 Å². The molecule has 2 saturated heterocycles. The number of aliphatic hydroxyl groups is 1. The molecule has 5 rings (SSSR count). The molecule has 3 fully saturated rings. The van der Waals surface area contributed by atoms with E-state index in [1.165, 1.54) is 0 Å². The quantitative estimate of drug-likeness (QED) is 0.193. The fraction of sp³-hybridized carbons (Fsp3) is 0.800. The van der Waals surface area contributed by atoms with Crippen molar-refractivity contribution in [3.8, 4) is 0 Å². The Hall–Kier alpha value is -1.90. The van der Waals surface area contributed by atoms with Gasteiger partial charge in [0.15, 0.2) is 23.5 Å². The van der Waals surface area contributed by atoms with Crippen molar-refractivity contribution >= 4 is 41.7 Å². The van der Waals surface area contributed by atoms with Gasteiger partial charge in [0.1, 0.15) is 36.4 Å². The predicted molar refractivity (Wildman–Crippen MR) is 171 cm³/mol. The minimum absolute atomic E-state index is 0.0239. The molecule has 0 spiro atoms. The lowest BCUT2D eigenvalue weighted by atomic mass is 10.1. The number of rotatable bonds is 11. The number of amides is 1. The van der Waals surface area contributed by atoms with Crippen LogP contribution in [0.2, 0.25) is 5.28 Å². The Bertz CT molecular complexity index is 1460. The molecule has 0 bridgehead atoms. The summed E-state index contributed by atoms with van der Waals surface area (Å²) in [5.74, 6) is -0.605. The maximum absolute atomic E-state index is 13.6. The highest BCUT2D eigenvalue weighted by Gasteiger charge is 2.57. The Morgan fingerprint density at radius 1 is 1.17 bits per heavy atom. The van der Waals surface area contributed by atoms with Crippen molar-refractivity contribution in [1.82, 2.24) is 19.7 Å². The Kier molecular flexibility index (Phi) is 10.2. The fourth-order valence-electron chi connectivity index (χ4n) is 6.07. The summed E-state index contributed by atoms with van der Waals surface area (Å²) in [7, 11) is -2.83. The van der Waals surface area contributed by atoms with E-state index in [-0.39, 0.29) is 37.8 Å². The van der Waals surface area contributed by atoms with Crippen LogP contribution in [0.1, 0.15) is 73.5 Å². The monoisotopic (exact) mass is 687 g/mol. The first-order chi connectivity index (χ1) is 21.4. The number of hydrogen-bond donors (Lipinski definition) is 1. The second-order valence-corrected chi connectivity index (χ2v) is 18.2. The second-order valence-electron chi connectivity index (χ2n) is 14.2. The van der Waals surface area contributed by atoms with Crippen molar-refractivity contribution in [2.24, 2.45) is 0 Å². The van der Waals surface area contributed by atoms with Crippen LogP contribution in [0, 0.1) is 0 Å². The normalized spacial score (nSPS) is 26.4. The molecule has 16 heteroatoms. The van der Waals surface area contributed by atoms with E-state index in [0.717, 1.165) is 25.7 Å². The van der Waals surface area contributed by atoms with Crippen molar-refractivity contribution in [3.05, 3.63) is 11.5 Å². The Balaban J connectivity index is 1.48. The van der Waals surface area contributed by atoms with Crippen LogP contribution in [-0.2, 0) is 33.0 Å². The highest BCUT2D eigenvalue weighted by molar-refractivity contribution is 7.63. The SMILES string of the molecule is CC(C)(C)OC(=O)N(c1nc(Cl)nc2c1cnn2[C@@H]1O[C@H](COC(C)(COCCO)P(C)(C)=O)[C@H]2OC(C)(C)O[C@H]21)C1CCCC1. The molecular formula is C30H47ClN5O9P. The van der Waals surface area contributed by atoms with Gasteiger partial charge >= 0.3 is 6.09 Å². The summed E-state index contributed by atoms with van der Waals surface area (Å²) in [6.45, 7) is 14.1. The molecule has 46 heavy (non-hydrogen) atoms. The Morgan fingerprint density at radius 2 is 1.85 bits per heavy atom. The lowest BCUT2D eigenvalue weighted by molar-refractivity contribution is -0.206. The molecule has 4 heterocycles. The van der Waals surface area contributed by atoms with E-state index in [1.54, 1.807) is 36.0 Å². The molecule has 5 atom stereocenters. The van der Waals surface area contributed by atoms with Gasteiger partial charge in [0, 0.05) is 6.04 Å². The second kappa shape index (κ2) is 13.2. The lowest BCUT2D eigenvalue weighted by Gasteiger charge is -2.35. The van der Waals surface area contributed by atoms with E-state index in [0.29, 0.717) is 16.9 Å². The number of carbonyl (C=O) groups excluding carboxylic acids is 1. The number of aliphatic hydroxyl groups excluding tert-OH is 1. The molecule has 1 N–H and O–H groups in total. The van der Waals surface area contributed by atoms with E-state index in [4.69, 9.17) is 40.0 Å². The number of anilines is 1. The topological polar surface area (TPSA) is 157 Å². The summed E-state index contributed by atoms with van der Waals surface area (Å²) in [5.41, 5.74) is -0.358. The van der Waals surface area contributed by atoms with Crippen molar-refractivity contribution < 1.29 is 42.9 Å². The minimum atomic E-state index is -2.83. The average molecular weight is 688 g/mol. The van der Waals surface area contributed by atoms with Gasteiger partial charge < -0.3 is 38.1 Å². The number of halogens is 1. The standard InChI is InChI=1S/C30H47ClN5O9P/c1-28(2,3)45-27(38)35(18-11-9-10-12-18)23-19-15-32-36(24(19)34-26(31)33-23)25-22-21(43-29(4,5)44-22)20(42-25)16-41-30(6,46(7,8)39)17-40-14-13-37/h15,18,20-22,25,37H,9-14,16-17H2,1-8H3/t20-,21-,22-,25-,30?/m1/s1. The van der Waals surface area contributed by atoms with Crippen molar-refractivity contribution in [2.45, 2.75) is 115 Å². The number of aromatic nitrogens is 4. The first-order valence-corrected chi connectivity index (χ1v) is 18.7. The number of fused-ring (bicyclic) bond motifs is 2. The zero-order valence-corrected chi connectivity index (χ0v) is 29.5. The van der Waals surface area contributed by atoms with Crippen LogP contribution < -0.4 is 4.90 Å². The molecule has 2 aliphatic heterocycles. The summed E-state index contributed by atoms with van der Waals surface area (Å²) in [5, 5.41) is 13.1. The fourth-order valence-corrected chi connectivity index (χ4v) is 7.02. The highest BCUT2D eigenvalue weighted by atomic mass is 35.5.